The Labute approximate surface area is 131 Å². The molecule has 0 aliphatic rings. The third kappa shape index (κ3) is 4.74. The molecule has 0 saturated heterocycles. The van der Waals surface area contributed by atoms with Crippen LogP contribution in [0.3, 0.4) is 0 Å². The number of anilines is 1. The van der Waals surface area contributed by atoms with E-state index in [2.05, 4.69) is 35.4 Å². The van der Waals surface area contributed by atoms with Crippen molar-refractivity contribution in [2.24, 2.45) is 5.73 Å². The zero-order valence-corrected chi connectivity index (χ0v) is 13.3. The minimum atomic E-state index is -0.481. The van der Waals surface area contributed by atoms with Gasteiger partial charge in [-0.1, -0.05) is 31.7 Å². The van der Waals surface area contributed by atoms with Gasteiger partial charge in [0, 0.05) is 31.8 Å². The summed E-state index contributed by atoms with van der Waals surface area (Å²) < 4.78 is 0. The van der Waals surface area contributed by atoms with Crippen LogP contribution in [-0.4, -0.2) is 25.8 Å². The topological polar surface area (TPSA) is 63.4 Å². The van der Waals surface area contributed by atoms with E-state index in [0.29, 0.717) is 6.42 Å². The van der Waals surface area contributed by atoms with Crippen LogP contribution in [-0.2, 0) is 4.79 Å². The Kier molecular flexibility index (Phi) is 6.32. The molecular weight excluding hydrogens is 276 g/mol. The van der Waals surface area contributed by atoms with Gasteiger partial charge in [0.1, 0.15) is 0 Å². The molecule has 2 aromatic carbocycles. The molecule has 4 heteroatoms. The van der Waals surface area contributed by atoms with E-state index in [1.165, 1.54) is 11.1 Å². The van der Waals surface area contributed by atoms with Gasteiger partial charge in [0.25, 0.3) is 0 Å². The number of primary amides is 1. The van der Waals surface area contributed by atoms with Crippen molar-refractivity contribution >= 4 is 28.2 Å². The van der Waals surface area contributed by atoms with E-state index in [4.69, 9.17) is 0 Å². The highest BCUT2D eigenvalue weighted by atomic mass is 16.1. The number of rotatable bonds is 4. The summed E-state index contributed by atoms with van der Waals surface area (Å²) in [5.41, 5.74) is 6.51. The molecule has 2 aromatic rings. The average Bonchev–Trinajstić information content (AvgIpc) is 2.53. The maximum atomic E-state index is 11.6. The van der Waals surface area contributed by atoms with Crippen LogP contribution >= 0.6 is 0 Å². The Hall–Kier alpha value is -2.62. The number of nitrogens with two attached hydrogens (primary N) is 1. The van der Waals surface area contributed by atoms with Gasteiger partial charge in [0.2, 0.25) is 5.91 Å². The smallest absolute Gasteiger partial charge is 0.240 e. The maximum Gasteiger partial charge on any atom is 0.240 e. The lowest BCUT2D eigenvalue weighted by atomic mass is 10.0. The number of hydrogen-bond acceptors (Lipinski definition) is 3. The van der Waals surface area contributed by atoms with Crippen LogP contribution in [0.1, 0.15) is 23.7 Å². The Morgan fingerprint density at radius 3 is 2.18 bits per heavy atom. The fourth-order valence-corrected chi connectivity index (χ4v) is 1.89. The van der Waals surface area contributed by atoms with E-state index in [-0.39, 0.29) is 5.78 Å². The lowest BCUT2D eigenvalue weighted by molar-refractivity contribution is -0.113. The molecule has 0 atom stereocenters. The second-order valence-electron chi connectivity index (χ2n) is 5.02. The highest BCUT2D eigenvalue weighted by molar-refractivity contribution is 6.00. The molecule has 0 saturated carbocycles. The molecule has 1 amide bonds. The number of nitrogens with zero attached hydrogens (tertiary/aromatic N) is 1. The lowest BCUT2D eigenvalue weighted by Crippen LogP contribution is -2.08. The second kappa shape index (κ2) is 7.98. The summed E-state index contributed by atoms with van der Waals surface area (Å²) in [6.45, 7) is 4.98. The van der Waals surface area contributed by atoms with Gasteiger partial charge in [-0.15, -0.1) is 0 Å². The molecule has 4 nitrogen and oxygen atoms in total. The first-order chi connectivity index (χ1) is 10.4. The first-order valence-electron chi connectivity index (χ1n) is 7.05. The predicted molar refractivity (Wildman–Crippen MR) is 92.3 cm³/mol. The van der Waals surface area contributed by atoms with E-state index in [1.54, 1.807) is 0 Å². The predicted octanol–water partition coefficient (Wildman–Crippen LogP) is 3.16. The van der Waals surface area contributed by atoms with Crippen molar-refractivity contribution in [2.45, 2.75) is 13.3 Å². The fraction of sp³-hybridized carbons (Fsp3) is 0.222. The third-order valence-electron chi connectivity index (χ3n) is 3.18. The van der Waals surface area contributed by atoms with Gasteiger partial charge < -0.3 is 10.6 Å². The molecule has 0 fully saturated rings. The van der Waals surface area contributed by atoms with Crippen LogP contribution in [0.25, 0.3) is 10.8 Å². The fourth-order valence-electron chi connectivity index (χ4n) is 1.89. The number of ketones is 1. The van der Waals surface area contributed by atoms with Gasteiger partial charge in [0.05, 0.1) is 0 Å². The number of carbonyl (C=O) groups is 2. The molecule has 116 valence electrons. The van der Waals surface area contributed by atoms with Crippen LogP contribution in [0.15, 0.2) is 49.1 Å². The first kappa shape index (κ1) is 17.4. The standard InChI is InChI=1S/C15H17NO.C3H5NO/c1-4-15(17)13-6-5-12-10-14(16(2)3)8-7-11(12)9-13;1-2-3(4)5/h5-10H,4H2,1-3H3;2H,1H2,(H2,4,5). The van der Waals surface area contributed by atoms with Crippen LogP contribution in [0.4, 0.5) is 5.69 Å². The SMILES string of the molecule is C=CC(N)=O.CCC(=O)c1ccc2cc(N(C)C)ccc2c1. The highest BCUT2D eigenvalue weighted by Crippen LogP contribution is 2.22. The van der Waals surface area contributed by atoms with Crippen molar-refractivity contribution in [1.29, 1.82) is 0 Å². The molecule has 2 N–H and O–H groups in total. The van der Waals surface area contributed by atoms with Crippen molar-refractivity contribution in [3.8, 4) is 0 Å². The van der Waals surface area contributed by atoms with E-state index in [0.717, 1.165) is 17.0 Å². The molecule has 0 aromatic heterocycles. The van der Waals surface area contributed by atoms with Gasteiger partial charge >= 0.3 is 0 Å². The molecule has 0 heterocycles. The number of benzene rings is 2. The lowest BCUT2D eigenvalue weighted by Gasteiger charge is -2.13. The first-order valence-corrected chi connectivity index (χ1v) is 7.05. The monoisotopic (exact) mass is 298 g/mol. The zero-order valence-electron chi connectivity index (χ0n) is 13.3. The second-order valence-corrected chi connectivity index (χ2v) is 5.02. The van der Waals surface area contributed by atoms with Gasteiger partial charge in [-0.05, 0) is 35.0 Å². The summed E-state index contributed by atoms with van der Waals surface area (Å²) in [5.74, 6) is -0.284. The number of fused-ring (bicyclic) bond motifs is 1. The van der Waals surface area contributed by atoms with Gasteiger partial charge in [0.15, 0.2) is 5.78 Å². The highest BCUT2D eigenvalue weighted by Gasteiger charge is 2.04. The normalized spacial score (nSPS) is 9.59. The minimum absolute atomic E-state index is 0.198. The summed E-state index contributed by atoms with van der Waals surface area (Å²) in [6, 6.07) is 12.2. The van der Waals surface area contributed by atoms with Crippen LogP contribution in [0.5, 0.6) is 0 Å². The largest absolute Gasteiger partial charge is 0.378 e. The summed E-state index contributed by atoms with van der Waals surface area (Å²) in [5, 5.41) is 2.29. The van der Waals surface area contributed by atoms with Crippen LogP contribution in [0.2, 0.25) is 0 Å². The van der Waals surface area contributed by atoms with Crippen molar-refractivity contribution in [2.75, 3.05) is 19.0 Å². The molecule has 0 aliphatic carbocycles. The zero-order chi connectivity index (χ0) is 16.7. The minimum Gasteiger partial charge on any atom is -0.378 e. The molecule has 0 spiro atoms. The van der Waals surface area contributed by atoms with Gasteiger partial charge in [-0.2, -0.15) is 0 Å². The number of amides is 1. The Morgan fingerprint density at radius 2 is 1.68 bits per heavy atom. The van der Waals surface area contributed by atoms with E-state index >= 15 is 0 Å². The molecule has 22 heavy (non-hydrogen) atoms. The molecule has 0 unspecified atom stereocenters. The summed E-state index contributed by atoms with van der Waals surface area (Å²) in [4.78, 5) is 23.2. The summed E-state index contributed by atoms with van der Waals surface area (Å²) in [7, 11) is 4.05. The van der Waals surface area contributed by atoms with E-state index < -0.39 is 5.91 Å². The Morgan fingerprint density at radius 1 is 1.14 bits per heavy atom. The molecule has 0 radical (unpaired) electrons. The van der Waals surface area contributed by atoms with Crippen molar-refractivity contribution in [3.05, 3.63) is 54.6 Å². The number of hydrogen-bond donors (Lipinski definition) is 1. The number of carbonyl (C=O) groups excluding carboxylic acids is 2. The maximum absolute atomic E-state index is 11.6. The number of Topliss-reactive ketones (excluding diaryl/α,β-unsaturated/α-hetero) is 1. The van der Waals surface area contributed by atoms with E-state index in [9.17, 15) is 9.59 Å². The summed E-state index contributed by atoms with van der Waals surface area (Å²) >= 11 is 0. The van der Waals surface area contributed by atoms with Crippen LogP contribution < -0.4 is 10.6 Å². The van der Waals surface area contributed by atoms with Crippen molar-refractivity contribution in [1.82, 2.24) is 0 Å². The molecular formula is C18H22N2O2. The van der Waals surface area contributed by atoms with E-state index in [1.807, 2.05) is 39.2 Å². The molecule has 2 rings (SSSR count). The molecule has 0 aliphatic heterocycles. The Bertz CT molecular complexity index is 691. The van der Waals surface area contributed by atoms with Gasteiger partial charge in [-0.25, -0.2) is 0 Å². The van der Waals surface area contributed by atoms with Crippen molar-refractivity contribution < 1.29 is 9.59 Å². The Balaban J connectivity index is 0.000000422. The van der Waals surface area contributed by atoms with Crippen LogP contribution in [0, 0.1) is 0 Å². The average molecular weight is 298 g/mol. The third-order valence-corrected chi connectivity index (χ3v) is 3.18. The van der Waals surface area contributed by atoms with Crippen molar-refractivity contribution in [3.63, 3.8) is 0 Å². The van der Waals surface area contributed by atoms with Gasteiger partial charge in [-0.3, -0.25) is 9.59 Å². The quantitative estimate of drug-likeness (QED) is 0.696. The molecule has 0 bridgehead atoms. The summed E-state index contributed by atoms with van der Waals surface area (Å²) in [6.07, 6.45) is 1.61.